The van der Waals surface area contributed by atoms with Crippen LogP contribution >= 0.6 is 0 Å². The van der Waals surface area contributed by atoms with Crippen molar-refractivity contribution in [3.8, 4) is 0 Å². The highest BCUT2D eigenvalue weighted by Gasteiger charge is 2.45. The average Bonchev–Trinajstić information content (AvgIpc) is 2.42. The minimum absolute atomic E-state index is 0.0134. The van der Waals surface area contributed by atoms with Gasteiger partial charge < -0.3 is 14.8 Å². The van der Waals surface area contributed by atoms with E-state index in [0.717, 1.165) is 32.1 Å². The first kappa shape index (κ1) is 17.0. The lowest BCUT2D eigenvalue weighted by Crippen LogP contribution is -2.51. The van der Waals surface area contributed by atoms with E-state index in [0.29, 0.717) is 6.61 Å². The molecule has 1 N–H and O–H groups in total. The fourth-order valence-corrected chi connectivity index (χ4v) is 3.17. The normalized spacial score (nSPS) is 26.9. The molecule has 7 heteroatoms. The SMILES string of the molecule is CNC(COCC(F)(F)C(F)F)C1CCOC2(CCC2)C1. The lowest BCUT2D eigenvalue weighted by molar-refractivity contribution is -0.172. The van der Waals surface area contributed by atoms with Gasteiger partial charge in [-0.2, -0.15) is 8.78 Å². The number of hydrogen-bond donors (Lipinski definition) is 1. The average molecular weight is 313 g/mol. The number of rotatable bonds is 7. The number of halogens is 4. The molecule has 2 atom stereocenters. The van der Waals surface area contributed by atoms with Crippen LogP contribution in [0, 0.1) is 5.92 Å². The van der Waals surface area contributed by atoms with E-state index in [1.54, 1.807) is 7.05 Å². The molecule has 124 valence electrons. The van der Waals surface area contributed by atoms with Crippen molar-refractivity contribution in [3.05, 3.63) is 0 Å². The molecule has 2 unspecified atom stereocenters. The number of hydrogen-bond acceptors (Lipinski definition) is 3. The number of alkyl halides is 4. The quantitative estimate of drug-likeness (QED) is 0.733. The molecule has 1 saturated heterocycles. The third-order valence-electron chi connectivity index (χ3n) is 4.65. The van der Waals surface area contributed by atoms with Gasteiger partial charge in [0.2, 0.25) is 0 Å². The van der Waals surface area contributed by atoms with E-state index in [4.69, 9.17) is 9.47 Å². The van der Waals surface area contributed by atoms with E-state index in [1.165, 1.54) is 0 Å². The minimum Gasteiger partial charge on any atom is -0.375 e. The van der Waals surface area contributed by atoms with Gasteiger partial charge >= 0.3 is 12.3 Å². The van der Waals surface area contributed by atoms with Crippen LogP contribution in [0.5, 0.6) is 0 Å². The Morgan fingerprint density at radius 2 is 2.10 bits per heavy atom. The Labute approximate surface area is 122 Å². The predicted octanol–water partition coefficient (Wildman–Crippen LogP) is 2.84. The van der Waals surface area contributed by atoms with Gasteiger partial charge in [-0.05, 0) is 45.1 Å². The van der Waals surface area contributed by atoms with Crippen molar-refractivity contribution < 1.29 is 27.0 Å². The Morgan fingerprint density at radius 3 is 2.62 bits per heavy atom. The maximum atomic E-state index is 12.8. The monoisotopic (exact) mass is 313 g/mol. The summed E-state index contributed by atoms with van der Waals surface area (Å²) in [5, 5.41) is 3.06. The summed E-state index contributed by atoms with van der Waals surface area (Å²) < 4.78 is 60.4. The molecule has 2 fully saturated rings. The Balaban J connectivity index is 1.80. The second kappa shape index (κ2) is 6.79. The van der Waals surface area contributed by atoms with Crippen LogP contribution in [0.25, 0.3) is 0 Å². The van der Waals surface area contributed by atoms with Crippen molar-refractivity contribution in [3.63, 3.8) is 0 Å². The van der Waals surface area contributed by atoms with Crippen LogP contribution in [0.1, 0.15) is 32.1 Å². The van der Waals surface area contributed by atoms with Gasteiger partial charge in [0.25, 0.3) is 0 Å². The van der Waals surface area contributed by atoms with Gasteiger partial charge in [-0.15, -0.1) is 0 Å². The van der Waals surface area contributed by atoms with E-state index in [9.17, 15) is 17.6 Å². The zero-order valence-electron chi connectivity index (χ0n) is 12.2. The molecule has 0 aromatic rings. The van der Waals surface area contributed by atoms with Crippen molar-refractivity contribution in [1.29, 1.82) is 0 Å². The highest BCUT2D eigenvalue weighted by molar-refractivity contribution is 4.96. The molecule has 1 saturated carbocycles. The van der Waals surface area contributed by atoms with E-state index < -0.39 is 19.0 Å². The van der Waals surface area contributed by atoms with E-state index >= 15 is 0 Å². The maximum absolute atomic E-state index is 12.8. The highest BCUT2D eigenvalue weighted by atomic mass is 19.3. The minimum atomic E-state index is -4.08. The first-order valence-corrected chi connectivity index (χ1v) is 7.43. The Bertz CT molecular complexity index is 337. The van der Waals surface area contributed by atoms with Gasteiger partial charge in [0.1, 0.15) is 6.61 Å². The Hall–Kier alpha value is -0.400. The summed E-state index contributed by atoms with van der Waals surface area (Å²) in [6, 6.07) is -0.111. The molecule has 1 heterocycles. The van der Waals surface area contributed by atoms with Crippen LogP contribution < -0.4 is 5.32 Å². The van der Waals surface area contributed by atoms with Crippen molar-refractivity contribution in [2.45, 2.75) is 56.1 Å². The fraction of sp³-hybridized carbons (Fsp3) is 1.00. The van der Waals surface area contributed by atoms with E-state index in [1.807, 2.05) is 0 Å². The summed E-state index contributed by atoms with van der Waals surface area (Å²) in [6.45, 7) is -0.563. The highest BCUT2D eigenvalue weighted by Crippen LogP contribution is 2.45. The Morgan fingerprint density at radius 1 is 1.38 bits per heavy atom. The van der Waals surface area contributed by atoms with Gasteiger partial charge in [-0.3, -0.25) is 0 Å². The molecular formula is C14H23F4NO2. The lowest BCUT2D eigenvalue weighted by atomic mass is 9.70. The van der Waals surface area contributed by atoms with E-state index in [-0.39, 0.29) is 24.2 Å². The molecule has 0 bridgehead atoms. The second-order valence-corrected chi connectivity index (χ2v) is 6.11. The molecular weight excluding hydrogens is 290 g/mol. The van der Waals surface area contributed by atoms with Crippen molar-refractivity contribution >= 4 is 0 Å². The smallest absolute Gasteiger partial charge is 0.330 e. The summed E-state index contributed by atoms with van der Waals surface area (Å²) >= 11 is 0. The molecule has 21 heavy (non-hydrogen) atoms. The third kappa shape index (κ3) is 4.07. The standard InChI is InChI=1S/C14H23F4NO2/c1-19-11(8-20-9-14(17,18)12(15)16)10-3-6-21-13(7-10)4-2-5-13/h10-12,19H,2-9H2,1H3. The van der Waals surface area contributed by atoms with Gasteiger partial charge in [0, 0.05) is 12.6 Å². The molecule has 0 radical (unpaired) electrons. The van der Waals surface area contributed by atoms with Gasteiger partial charge in [0.05, 0.1) is 12.2 Å². The van der Waals surface area contributed by atoms with Crippen LogP contribution in [0.4, 0.5) is 17.6 Å². The van der Waals surface area contributed by atoms with Gasteiger partial charge in [-0.1, -0.05) is 0 Å². The van der Waals surface area contributed by atoms with Crippen molar-refractivity contribution in [2.75, 3.05) is 26.9 Å². The predicted molar refractivity (Wildman–Crippen MR) is 69.9 cm³/mol. The molecule has 1 spiro atoms. The summed E-state index contributed by atoms with van der Waals surface area (Å²) in [5.74, 6) is -3.81. The number of nitrogens with one attached hydrogen (secondary N) is 1. The van der Waals surface area contributed by atoms with Crippen LogP contribution in [-0.2, 0) is 9.47 Å². The summed E-state index contributed by atoms with van der Waals surface area (Å²) in [5.41, 5.74) is -0.0368. The third-order valence-corrected chi connectivity index (χ3v) is 4.65. The maximum Gasteiger partial charge on any atom is 0.330 e. The molecule has 3 nitrogen and oxygen atoms in total. The molecule has 1 aliphatic heterocycles. The first-order chi connectivity index (χ1) is 9.88. The molecule has 1 aliphatic carbocycles. The van der Waals surface area contributed by atoms with Crippen LogP contribution in [0.2, 0.25) is 0 Å². The van der Waals surface area contributed by atoms with Crippen LogP contribution in [-0.4, -0.2) is 50.9 Å². The molecule has 0 amide bonds. The fourth-order valence-electron chi connectivity index (χ4n) is 3.17. The topological polar surface area (TPSA) is 30.5 Å². The van der Waals surface area contributed by atoms with Gasteiger partial charge in [0.15, 0.2) is 0 Å². The molecule has 0 aromatic carbocycles. The first-order valence-electron chi connectivity index (χ1n) is 7.43. The zero-order valence-corrected chi connectivity index (χ0v) is 12.2. The number of likely N-dealkylation sites (N-methyl/N-ethyl adjacent to an activating group) is 1. The van der Waals surface area contributed by atoms with Crippen LogP contribution in [0.15, 0.2) is 0 Å². The molecule has 0 aromatic heterocycles. The Kier molecular flexibility index (Phi) is 5.48. The summed E-state index contributed by atoms with van der Waals surface area (Å²) in [6.07, 6.45) is 1.28. The number of ether oxygens (including phenoxy) is 2. The second-order valence-electron chi connectivity index (χ2n) is 6.11. The molecule has 2 rings (SSSR count). The molecule has 2 aliphatic rings. The zero-order chi connectivity index (χ0) is 15.5. The van der Waals surface area contributed by atoms with E-state index in [2.05, 4.69) is 5.32 Å². The van der Waals surface area contributed by atoms with Crippen molar-refractivity contribution in [2.24, 2.45) is 5.92 Å². The largest absolute Gasteiger partial charge is 0.375 e. The van der Waals surface area contributed by atoms with Crippen LogP contribution in [0.3, 0.4) is 0 Å². The summed E-state index contributed by atoms with van der Waals surface area (Å²) in [4.78, 5) is 0. The lowest BCUT2D eigenvalue weighted by Gasteiger charge is -2.48. The van der Waals surface area contributed by atoms with Crippen molar-refractivity contribution in [1.82, 2.24) is 5.32 Å². The summed E-state index contributed by atoms with van der Waals surface area (Å²) in [7, 11) is 1.74. The van der Waals surface area contributed by atoms with Gasteiger partial charge in [-0.25, -0.2) is 8.78 Å².